The van der Waals surface area contributed by atoms with Gasteiger partial charge in [-0.05, 0) is 35.9 Å². The zero-order chi connectivity index (χ0) is 21.6. The molecule has 0 spiro atoms. The molecule has 0 saturated carbocycles. The van der Waals surface area contributed by atoms with Gasteiger partial charge in [-0.25, -0.2) is 9.97 Å². The number of nitrogens with zero attached hydrogens (tertiary/aromatic N) is 6. The number of aryl methyl sites for hydroxylation is 1. The minimum atomic E-state index is -0.316. The summed E-state index contributed by atoms with van der Waals surface area (Å²) in [5.41, 5.74) is 1.59. The Kier molecular flexibility index (Phi) is 6.43. The van der Waals surface area contributed by atoms with Crippen molar-refractivity contribution in [2.24, 2.45) is 0 Å². The van der Waals surface area contributed by atoms with Gasteiger partial charge in [0.2, 0.25) is 5.82 Å². The third kappa shape index (κ3) is 5.38. The van der Waals surface area contributed by atoms with Crippen LogP contribution < -0.4 is 15.4 Å². The minimum absolute atomic E-state index is 0.0131. The van der Waals surface area contributed by atoms with Gasteiger partial charge in [-0.1, -0.05) is 12.1 Å². The molecule has 1 aromatic carbocycles. The van der Waals surface area contributed by atoms with E-state index in [9.17, 15) is 4.79 Å². The van der Waals surface area contributed by atoms with Gasteiger partial charge in [0.25, 0.3) is 5.91 Å². The van der Waals surface area contributed by atoms with Crippen molar-refractivity contribution in [3.63, 3.8) is 0 Å². The SMILES string of the molecule is COc1cccc(CNC(=O)c2cc(-c3nnn(CC4CNCCO4)n3)nc(C)n2)c1. The van der Waals surface area contributed by atoms with E-state index in [1.165, 1.54) is 4.80 Å². The van der Waals surface area contributed by atoms with Crippen molar-refractivity contribution >= 4 is 5.91 Å². The average molecular weight is 424 g/mol. The first-order chi connectivity index (χ1) is 15.1. The molecule has 3 heterocycles. The number of ether oxygens (including phenoxy) is 2. The highest BCUT2D eigenvalue weighted by Crippen LogP contribution is 2.14. The molecule has 11 heteroatoms. The van der Waals surface area contributed by atoms with Crippen LogP contribution in [0.1, 0.15) is 21.9 Å². The van der Waals surface area contributed by atoms with Crippen LogP contribution in [0.25, 0.3) is 11.5 Å². The number of benzene rings is 1. The van der Waals surface area contributed by atoms with Gasteiger partial charge < -0.3 is 20.1 Å². The Morgan fingerprint density at radius 1 is 1.35 bits per heavy atom. The molecule has 31 heavy (non-hydrogen) atoms. The molecule has 1 fully saturated rings. The minimum Gasteiger partial charge on any atom is -0.497 e. The van der Waals surface area contributed by atoms with Gasteiger partial charge in [-0.3, -0.25) is 4.79 Å². The predicted octanol–water partition coefficient (Wildman–Crippen LogP) is 0.366. The molecule has 2 N–H and O–H groups in total. The molecule has 1 saturated heterocycles. The lowest BCUT2D eigenvalue weighted by atomic mass is 10.2. The number of hydrogen-bond donors (Lipinski definition) is 2. The third-order valence-corrected chi connectivity index (χ3v) is 4.71. The van der Waals surface area contributed by atoms with Crippen LogP contribution in [-0.2, 0) is 17.8 Å². The number of methoxy groups -OCH3 is 1. The summed E-state index contributed by atoms with van der Waals surface area (Å²) in [7, 11) is 1.60. The van der Waals surface area contributed by atoms with Crippen molar-refractivity contribution in [3.05, 3.63) is 47.4 Å². The lowest BCUT2D eigenvalue weighted by Crippen LogP contribution is -2.41. The molecular formula is C20H24N8O3. The summed E-state index contributed by atoms with van der Waals surface area (Å²) in [4.78, 5) is 22.7. The van der Waals surface area contributed by atoms with E-state index in [1.807, 2.05) is 24.3 Å². The van der Waals surface area contributed by atoms with E-state index < -0.39 is 0 Å². The Balaban J connectivity index is 1.44. The summed E-state index contributed by atoms with van der Waals surface area (Å²) in [6.07, 6.45) is -0.0131. The highest BCUT2D eigenvalue weighted by atomic mass is 16.5. The summed E-state index contributed by atoms with van der Waals surface area (Å²) in [5.74, 6) is 1.19. The maximum Gasteiger partial charge on any atom is 0.270 e. The second-order valence-electron chi connectivity index (χ2n) is 7.08. The number of aromatic nitrogens is 6. The summed E-state index contributed by atoms with van der Waals surface area (Å²) >= 11 is 0. The first-order valence-electron chi connectivity index (χ1n) is 9.98. The van der Waals surface area contributed by atoms with Gasteiger partial charge in [0.1, 0.15) is 23.0 Å². The maximum atomic E-state index is 12.7. The second-order valence-corrected chi connectivity index (χ2v) is 7.08. The van der Waals surface area contributed by atoms with Crippen molar-refractivity contribution in [2.45, 2.75) is 26.1 Å². The molecule has 11 nitrogen and oxygen atoms in total. The van der Waals surface area contributed by atoms with Crippen molar-refractivity contribution in [3.8, 4) is 17.3 Å². The largest absolute Gasteiger partial charge is 0.497 e. The first kappa shape index (κ1) is 20.8. The predicted molar refractivity (Wildman–Crippen MR) is 110 cm³/mol. The molecule has 1 aliphatic rings. The zero-order valence-electron chi connectivity index (χ0n) is 17.4. The normalized spacial score (nSPS) is 16.1. The van der Waals surface area contributed by atoms with Crippen LogP contribution >= 0.6 is 0 Å². The van der Waals surface area contributed by atoms with Crippen LogP contribution in [0.5, 0.6) is 5.75 Å². The number of morpholine rings is 1. The van der Waals surface area contributed by atoms with E-state index in [1.54, 1.807) is 20.1 Å². The Labute approximate surface area is 179 Å². The molecule has 0 bridgehead atoms. The van der Waals surface area contributed by atoms with Crippen molar-refractivity contribution in [2.75, 3.05) is 26.8 Å². The van der Waals surface area contributed by atoms with E-state index in [0.717, 1.165) is 24.4 Å². The van der Waals surface area contributed by atoms with E-state index in [4.69, 9.17) is 9.47 Å². The molecule has 0 radical (unpaired) electrons. The summed E-state index contributed by atoms with van der Waals surface area (Å²) in [5, 5.41) is 18.7. The lowest BCUT2D eigenvalue weighted by molar-refractivity contribution is 0.0133. The molecule has 4 rings (SSSR count). The van der Waals surface area contributed by atoms with Gasteiger partial charge >= 0.3 is 0 Å². The molecule has 1 amide bonds. The number of carbonyl (C=O) groups is 1. The van der Waals surface area contributed by atoms with Crippen LogP contribution in [0.2, 0.25) is 0 Å². The van der Waals surface area contributed by atoms with Crippen molar-refractivity contribution in [1.29, 1.82) is 0 Å². The number of tetrazole rings is 1. The van der Waals surface area contributed by atoms with Crippen molar-refractivity contribution < 1.29 is 14.3 Å². The smallest absolute Gasteiger partial charge is 0.270 e. The van der Waals surface area contributed by atoms with Crippen molar-refractivity contribution in [1.82, 2.24) is 40.8 Å². The van der Waals surface area contributed by atoms with Gasteiger partial charge in [0.05, 0.1) is 26.4 Å². The fourth-order valence-corrected chi connectivity index (χ4v) is 3.20. The second kappa shape index (κ2) is 9.58. The number of rotatable bonds is 7. The van der Waals surface area contributed by atoms with Crippen LogP contribution in [-0.4, -0.2) is 69.0 Å². The Bertz CT molecular complexity index is 1050. The quantitative estimate of drug-likeness (QED) is 0.552. The number of nitrogens with one attached hydrogen (secondary N) is 2. The fourth-order valence-electron chi connectivity index (χ4n) is 3.20. The molecule has 1 atom stereocenters. The van der Waals surface area contributed by atoms with E-state index in [0.29, 0.717) is 37.0 Å². The standard InChI is InChI=1S/C20H24N8O3/c1-13-23-17(19-25-27-28(26-19)12-16-11-21-6-7-31-16)9-18(24-13)20(29)22-10-14-4-3-5-15(8-14)30-2/h3-5,8-9,16,21H,6-7,10-12H2,1-2H3,(H,22,29). The number of amides is 1. The lowest BCUT2D eigenvalue weighted by Gasteiger charge is -2.22. The van der Waals surface area contributed by atoms with Gasteiger partial charge in [-0.15, -0.1) is 10.2 Å². The summed E-state index contributed by atoms with van der Waals surface area (Å²) in [6.45, 7) is 4.78. The number of carbonyl (C=O) groups excluding carboxylic acids is 1. The molecule has 0 aliphatic carbocycles. The van der Waals surface area contributed by atoms with E-state index in [2.05, 4.69) is 36.0 Å². The van der Waals surface area contributed by atoms with E-state index >= 15 is 0 Å². The van der Waals surface area contributed by atoms with Gasteiger partial charge in [-0.2, -0.15) is 4.80 Å². The number of hydrogen-bond acceptors (Lipinski definition) is 9. The van der Waals surface area contributed by atoms with E-state index in [-0.39, 0.29) is 17.7 Å². The van der Waals surface area contributed by atoms with Crippen LogP contribution in [0.3, 0.4) is 0 Å². The molecule has 2 aromatic heterocycles. The molecular weight excluding hydrogens is 400 g/mol. The Morgan fingerprint density at radius 3 is 3.06 bits per heavy atom. The monoisotopic (exact) mass is 424 g/mol. The highest BCUT2D eigenvalue weighted by Gasteiger charge is 2.18. The molecule has 1 aliphatic heterocycles. The third-order valence-electron chi connectivity index (χ3n) is 4.71. The molecule has 162 valence electrons. The van der Waals surface area contributed by atoms with Gasteiger partial charge in [0.15, 0.2) is 0 Å². The summed E-state index contributed by atoms with van der Waals surface area (Å²) < 4.78 is 10.9. The Hall–Kier alpha value is -3.44. The zero-order valence-corrected chi connectivity index (χ0v) is 17.4. The van der Waals surface area contributed by atoms with Crippen LogP contribution in [0.15, 0.2) is 30.3 Å². The average Bonchev–Trinajstić information content (AvgIpc) is 3.26. The molecule has 1 unspecified atom stereocenters. The van der Waals surface area contributed by atoms with Crippen LogP contribution in [0, 0.1) is 6.92 Å². The molecule has 3 aromatic rings. The van der Waals surface area contributed by atoms with Gasteiger partial charge in [0, 0.05) is 19.6 Å². The summed E-state index contributed by atoms with van der Waals surface area (Å²) in [6, 6.07) is 9.06. The first-order valence-corrected chi connectivity index (χ1v) is 9.98. The Morgan fingerprint density at radius 2 is 2.26 bits per heavy atom. The highest BCUT2D eigenvalue weighted by molar-refractivity contribution is 5.93. The topological polar surface area (TPSA) is 129 Å². The fraction of sp³-hybridized carbons (Fsp3) is 0.400. The van der Waals surface area contributed by atoms with Crippen LogP contribution in [0.4, 0.5) is 0 Å². The maximum absolute atomic E-state index is 12.7.